The molecule has 1 unspecified atom stereocenters. The molecular formula is C14H16FN3O2S2. The molecule has 1 aromatic carbocycles. The molecule has 0 spiro atoms. The van der Waals surface area contributed by atoms with Gasteiger partial charge in [0.05, 0.1) is 11.5 Å². The summed E-state index contributed by atoms with van der Waals surface area (Å²) >= 11 is 1.46. The molecule has 0 radical (unpaired) electrons. The van der Waals surface area contributed by atoms with Gasteiger partial charge in [0.15, 0.2) is 20.8 Å². The Morgan fingerprint density at radius 2 is 2.05 bits per heavy atom. The zero-order valence-electron chi connectivity index (χ0n) is 12.1. The van der Waals surface area contributed by atoms with Crippen molar-refractivity contribution >= 4 is 21.6 Å². The average Bonchev–Trinajstić information content (AvgIpc) is 3.03. The fraction of sp³-hybridized carbons (Fsp3) is 0.429. The lowest BCUT2D eigenvalue weighted by molar-refractivity contribution is 0.602. The van der Waals surface area contributed by atoms with Crippen LogP contribution in [-0.2, 0) is 16.4 Å². The van der Waals surface area contributed by atoms with Gasteiger partial charge in [0.2, 0.25) is 0 Å². The van der Waals surface area contributed by atoms with Gasteiger partial charge in [-0.3, -0.25) is 0 Å². The fourth-order valence-corrected chi connectivity index (χ4v) is 6.03. The highest BCUT2D eigenvalue weighted by molar-refractivity contribution is 8.01. The van der Waals surface area contributed by atoms with Gasteiger partial charge in [-0.25, -0.2) is 12.8 Å². The maximum Gasteiger partial charge on any atom is 0.191 e. The van der Waals surface area contributed by atoms with E-state index in [1.54, 1.807) is 12.1 Å². The normalized spacial score (nSPS) is 20.4. The smallest absolute Gasteiger partial charge is 0.191 e. The van der Waals surface area contributed by atoms with Crippen molar-refractivity contribution in [2.75, 3.05) is 11.5 Å². The van der Waals surface area contributed by atoms with Gasteiger partial charge in [-0.15, -0.1) is 10.2 Å². The maximum atomic E-state index is 13.0. The summed E-state index contributed by atoms with van der Waals surface area (Å²) in [6, 6.07) is 6.11. The Morgan fingerprint density at radius 1 is 1.32 bits per heavy atom. The van der Waals surface area contributed by atoms with Gasteiger partial charge >= 0.3 is 0 Å². The Kier molecular flexibility index (Phi) is 4.22. The quantitative estimate of drug-likeness (QED) is 0.854. The van der Waals surface area contributed by atoms with E-state index in [0.717, 1.165) is 5.56 Å². The Hall–Kier alpha value is -1.41. The molecule has 1 aliphatic heterocycles. The van der Waals surface area contributed by atoms with Crippen molar-refractivity contribution in [2.24, 2.45) is 0 Å². The van der Waals surface area contributed by atoms with Crippen LogP contribution < -0.4 is 0 Å². The van der Waals surface area contributed by atoms with Crippen molar-refractivity contribution in [2.45, 2.75) is 30.3 Å². The van der Waals surface area contributed by atoms with Gasteiger partial charge in [-0.05, 0) is 37.6 Å². The molecule has 0 saturated carbocycles. The number of nitrogens with zero attached hydrogens (tertiary/aromatic N) is 3. The molecule has 118 valence electrons. The van der Waals surface area contributed by atoms with Crippen molar-refractivity contribution in [1.82, 2.24) is 14.8 Å². The average molecular weight is 341 g/mol. The van der Waals surface area contributed by atoms with E-state index >= 15 is 0 Å². The molecule has 22 heavy (non-hydrogen) atoms. The van der Waals surface area contributed by atoms with Crippen LogP contribution in [0.1, 0.15) is 13.3 Å². The maximum absolute atomic E-state index is 13.0. The molecule has 1 atom stereocenters. The molecule has 8 heteroatoms. The highest BCUT2D eigenvalue weighted by Gasteiger charge is 2.30. The third-order valence-electron chi connectivity index (χ3n) is 3.60. The summed E-state index contributed by atoms with van der Waals surface area (Å²) in [6.07, 6.45) is 0.648. The largest absolute Gasteiger partial charge is 0.302 e. The van der Waals surface area contributed by atoms with E-state index in [1.807, 2.05) is 11.5 Å². The molecule has 1 fully saturated rings. The van der Waals surface area contributed by atoms with Crippen LogP contribution in [0.15, 0.2) is 29.4 Å². The summed E-state index contributed by atoms with van der Waals surface area (Å²) in [7, 11) is -2.91. The van der Waals surface area contributed by atoms with Crippen molar-refractivity contribution in [3.8, 4) is 11.4 Å². The Bertz CT molecular complexity index is 772. The predicted octanol–water partition coefficient (Wildman–Crippen LogP) is 2.38. The number of halogens is 1. The Balaban J connectivity index is 1.86. The second-order valence-corrected chi connectivity index (χ2v) is 8.70. The van der Waals surface area contributed by atoms with Crippen LogP contribution in [0.5, 0.6) is 0 Å². The highest BCUT2D eigenvalue weighted by atomic mass is 32.2. The second-order valence-electron chi connectivity index (χ2n) is 5.20. The molecule has 0 bridgehead atoms. The fourth-order valence-electron chi connectivity index (χ4n) is 2.48. The van der Waals surface area contributed by atoms with Gasteiger partial charge in [-0.2, -0.15) is 0 Å². The summed E-state index contributed by atoms with van der Waals surface area (Å²) in [5, 5.41) is 9.11. The van der Waals surface area contributed by atoms with Gasteiger partial charge in [-0.1, -0.05) is 11.8 Å². The number of aromatic nitrogens is 3. The molecular weight excluding hydrogens is 325 g/mol. The number of rotatable bonds is 4. The number of hydrogen-bond acceptors (Lipinski definition) is 5. The van der Waals surface area contributed by atoms with Crippen LogP contribution >= 0.6 is 11.8 Å². The molecule has 3 rings (SSSR count). The summed E-state index contributed by atoms with van der Waals surface area (Å²) < 4.78 is 38.1. The van der Waals surface area contributed by atoms with Gasteiger partial charge in [0, 0.05) is 17.4 Å². The molecule has 1 aliphatic rings. The van der Waals surface area contributed by atoms with Crippen LogP contribution in [0.4, 0.5) is 4.39 Å². The zero-order chi connectivity index (χ0) is 15.7. The number of thioether (sulfide) groups is 1. The molecule has 0 N–H and O–H groups in total. The Labute approximate surface area is 132 Å². The molecule has 1 aromatic heterocycles. The molecule has 2 aromatic rings. The summed E-state index contributed by atoms with van der Waals surface area (Å²) in [4.78, 5) is 0. The molecule has 2 heterocycles. The first-order chi connectivity index (χ1) is 10.5. The number of hydrogen-bond donors (Lipinski definition) is 0. The first-order valence-electron chi connectivity index (χ1n) is 7.05. The SMILES string of the molecule is CCn1c(SC2CCS(=O)(=O)C2)nnc1-c1ccc(F)cc1. The molecule has 0 amide bonds. The standard InChI is InChI=1S/C14H16FN3O2S2/c1-2-18-13(10-3-5-11(15)6-4-10)16-17-14(18)21-12-7-8-22(19,20)9-12/h3-6,12H,2,7-9H2,1H3. The van der Waals surface area contributed by atoms with E-state index in [-0.39, 0.29) is 22.6 Å². The van der Waals surface area contributed by atoms with Crippen molar-refractivity contribution < 1.29 is 12.8 Å². The summed E-state index contributed by atoms with van der Waals surface area (Å²) in [5.41, 5.74) is 0.793. The van der Waals surface area contributed by atoms with Gasteiger partial charge in [0.25, 0.3) is 0 Å². The van der Waals surface area contributed by atoms with Crippen LogP contribution in [0.25, 0.3) is 11.4 Å². The molecule has 5 nitrogen and oxygen atoms in total. The minimum Gasteiger partial charge on any atom is -0.302 e. The third-order valence-corrected chi connectivity index (χ3v) is 6.83. The summed E-state index contributed by atoms with van der Waals surface area (Å²) in [5.74, 6) is 0.818. The van der Waals surface area contributed by atoms with E-state index < -0.39 is 9.84 Å². The minimum absolute atomic E-state index is 0.0283. The lowest BCUT2D eigenvalue weighted by atomic mass is 10.2. The molecule has 0 aliphatic carbocycles. The van der Waals surface area contributed by atoms with Crippen molar-refractivity contribution in [3.05, 3.63) is 30.1 Å². The zero-order valence-corrected chi connectivity index (χ0v) is 13.7. The van der Waals surface area contributed by atoms with Crippen molar-refractivity contribution in [3.63, 3.8) is 0 Å². The number of sulfone groups is 1. The van der Waals surface area contributed by atoms with E-state index in [4.69, 9.17) is 0 Å². The first kappa shape index (κ1) is 15.5. The second kappa shape index (κ2) is 6.00. The van der Waals surface area contributed by atoms with E-state index in [2.05, 4.69) is 10.2 Å². The predicted molar refractivity (Wildman–Crippen MR) is 84.0 cm³/mol. The van der Waals surface area contributed by atoms with Gasteiger partial charge in [0.1, 0.15) is 5.82 Å². The molecule has 1 saturated heterocycles. The van der Waals surface area contributed by atoms with Gasteiger partial charge < -0.3 is 4.57 Å². The van der Waals surface area contributed by atoms with Crippen LogP contribution in [0.2, 0.25) is 0 Å². The van der Waals surface area contributed by atoms with E-state index in [0.29, 0.717) is 23.9 Å². The topological polar surface area (TPSA) is 64.8 Å². The van der Waals surface area contributed by atoms with E-state index in [1.165, 1.54) is 23.9 Å². The minimum atomic E-state index is -2.91. The highest BCUT2D eigenvalue weighted by Crippen LogP contribution is 2.32. The lowest BCUT2D eigenvalue weighted by Gasteiger charge is -2.10. The van der Waals surface area contributed by atoms with Crippen LogP contribution in [0.3, 0.4) is 0 Å². The number of benzene rings is 1. The third kappa shape index (κ3) is 3.17. The Morgan fingerprint density at radius 3 is 2.64 bits per heavy atom. The van der Waals surface area contributed by atoms with E-state index in [9.17, 15) is 12.8 Å². The van der Waals surface area contributed by atoms with Crippen LogP contribution in [0, 0.1) is 5.82 Å². The van der Waals surface area contributed by atoms with Crippen LogP contribution in [-0.4, -0.2) is 39.9 Å². The summed E-state index contributed by atoms with van der Waals surface area (Å²) in [6.45, 7) is 2.65. The first-order valence-corrected chi connectivity index (χ1v) is 9.75. The lowest BCUT2D eigenvalue weighted by Crippen LogP contribution is -2.08. The van der Waals surface area contributed by atoms with Crippen molar-refractivity contribution in [1.29, 1.82) is 0 Å². The monoisotopic (exact) mass is 341 g/mol.